The molecule has 1 N–H and O–H groups in total. The summed E-state index contributed by atoms with van der Waals surface area (Å²) < 4.78 is 14.3. The molecule has 1 saturated carbocycles. The summed E-state index contributed by atoms with van der Waals surface area (Å²) in [5.74, 6) is -1.94. The first-order chi connectivity index (χ1) is 9.83. The monoisotopic (exact) mass is 376 g/mol. The highest BCUT2D eigenvalue weighted by molar-refractivity contribution is 9.10. The van der Waals surface area contributed by atoms with E-state index in [9.17, 15) is 14.0 Å². The van der Waals surface area contributed by atoms with Gasteiger partial charge in [-0.05, 0) is 46.3 Å². The van der Waals surface area contributed by atoms with E-state index in [4.69, 9.17) is 16.7 Å². The van der Waals surface area contributed by atoms with E-state index in [1.807, 2.05) is 0 Å². The van der Waals surface area contributed by atoms with Crippen LogP contribution in [0.2, 0.25) is 5.02 Å². The van der Waals surface area contributed by atoms with Crippen LogP contribution in [0.15, 0.2) is 16.6 Å². The zero-order chi connectivity index (χ0) is 15.6. The van der Waals surface area contributed by atoms with Crippen molar-refractivity contribution in [2.24, 2.45) is 5.41 Å². The van der Waals surface area contributed by atoms with Gasteiger partial charge in [0.15, 0.2) is 5.78 Å². The van der Waals surface area contributed by atoms with E-state index in [0.717, 1.165) is 18.9 Å². The highest BCUT2D eigenvalue weighted by Gasteiger charge is 2.38. The number of ketones is 1. The number of Topliss-reactive ketones (excluding diaryl/α,β-unsaturated/α-hetero) is 1. The molecule has 6 heteroatoms. The van der Waals surface area contributed by atoms with Gasteiger partial charge in [-0.25, -0.2) is 4.39 Å². The van der Waals surface area contributed by atoms with Crippen LogP contribution in [0.25, 0.3) is 0 Å². The molecule has 21 heavy (non-hydrogen) atoms. The molecule has 2 rings (SSSR count). The summed E-state index contributed by atoms with van der Waals surface area (Å²) in [6, 6.07) is 2.46. The molecule has 1 fully saturated rings. The number of carboxylic acid groups (broad SMARTS) is 1. The number of benzene rings is 1. The Hall–Kier alpha value is -0.940. The summed E-state index contributed by atoms with van der Waals surface area (Å²) in [5, 5.41) is 9.31. The molecular formula is C15H15BrClFO3. The number of aliphatic carboxylic acids is 1. The van der Waals surface area contributed by atoms with Gasteiger partial charge < -0.3 is 5.11 Å². The summed E-state index contributed by atoms with van der Waals surface area (Å²) in [6.45, 7) is 0. The normalized spacial score (nSPS) is 16.9. The van der Waals surface area contributed by atoms with E-state index >= 15 is 0 Å². The van der Waals surface area contributed by atoms with E-state index in [1.54, 1.807) is 0 Å². The summed E-state index contributed by atoms with van der Waals surface area (Å²) in [5.41, 5.74) is -0.616. The SMILES string of the molecule is O=C(O)CC1(CC(=O)c2cc(Cl)c(Br)cc2F)CCCC1. The van der Waals surface area contributed by atoms with Crippen molar-refractivity contribution in [3.8, 4) is 0 Å². The molecule has 0 spiro atoms. The Balaban J connectivity index is 2.24. The molecule has 3 nitrogen and oxygen atoms in total. The van der Waals surface area contributed by atoms with E-state index < -0.39 is 17.2 Å². The van der Waals surface area contributed by atoms with Crippen molar-refractivity contribution < 1.29 is 19.1 Å². The Kier molecular flexibility index (Phi) is 5.04. The zero-order valence-corrected chi connectivity index (χ0v) is 13.6. The summed E-state index contributed by atoms with van der Waals surface area (Å²) >= 11 is 9.01. The number of halogens is 3. The van der Waals surface area contributed by atoms with Gasteiger partial charge in [0.2, 0.25) is 0 Å². The van der Waals surface area contributed by atoms with E-state index in [2.05, 4.69) is 15.9 Å². The van der Waals surface area contributed by atoms with Crippen molar-refractivity contribution in [2.45, 2.75) is 38.5 Å². The molecule has 0 atom stereocenters. The average molecular weight is 378 g/mol. The molecule has 114 valence electrons. The van der Waals surface area contributed by atoms with Crippen LogP contribution in [0.4, 0.5) is 4.39 Å². The second-order valence-electron chi connectivity index (χ2n) is 5.62. The molecule has 0 amide bonds. The molecule has 1 aromatic carbocycles. The third-order valence-electron chi connectivity index (χ3n) is 4.04. The van der Waals surface area contributed by atoms with Gasteiger partial charge in [-0.2, -0.15) is 0 Å². The van der Waals surface area contributed by atoms with Gasteiger partial charge in [0.05, 0.1) is 17.0 Å². The molecule has 0 bridgehead atoms. The number of carboxylic acids is 1. The minimum atomic E-state index is -0.918. The van der Waals surface area contributed by atoms with Crippen molar-refractivity contribution >= 4 is 39.3 Å². The lowest BCUT2D eigenvalue weighted by atomic mass is 9.77. The third kappa shape index (κ3) is 3.83. The Morgan fingerprint density at radius 1 is 1.29 bits per heavy atom. The minimum Gasteiger partial charge on any atom is -0.481 e. The van der Waals surface area contributed by atoms with Crippen LogP contribution >= 0.6 is 27.5 Å². The third-order valence-corrected chi connectivity index (χ3v) is 5.23. The zero-order valence-electron chi connectivity index (χ0n) is 11.3. The molecular weight excluding hydrogens is 363 g/mol. The van der Waals surface area contributed by atoms with Crippen LogP contribution in [0.5, 0.6) is 0 Å². The lowest BCUT2D eigenvalue weighted by Crippen LogP contribution is -2.25. The van der Waals surface area contributed by atoms with Gasteiger partial charge in [0.1, 0.15) is 5.82 Å². The highest BCUT2D eigenvalue weighted by atomic mass is 79.9. The maximum absolute atomic E-state index is 13.9. The first-order valence-corrected chi connectivity index (χ1v) is 7.90. The lowest BCUT2D eigenvalue weighted by Gasteiger charge is -2.26. The summed E-state index contributed by atoms with van der Waals surface area (Å²) in [7, 11) is 0. The van der Waals surface area contributed by atoms with Gasteiger partial charge in [-0.3, -0.25) is 9.59 Å². The first kappa shape index (κ1) is 16.4. The van der Waals surface area contributed by atoms with E-state index in [1.165, 1.54) is 6.07 Å². The average Bonchev–Trinajstić information content (AvgIpc) is 2.80. The predicted octanol–water partition coefficient (Wildman–Crippen LogP) is 4.85. The Bertz CT molecular complexity index is 583. The molecule has 1 aliphatic carbocycles. The number of carbonyl (C=O) groups is 2. The lowest BCUT2D eigenvalue weighted by molar-refractivity contribution is -0.139. The van der Waals surface area contributed by atoms with Gasteiger partial charge >= 0.3 is 5.97 Å². The smallest absolute Gasteiger partial charge is 0.303 e. The maximum atomic E-state index is 13.9. The largest absolute Gasteiger partial charge is 0.481 e. The summed E-state index contributed by atoms with van der Waals surface area (Å²) in [4.78, 5) is 23.4. The van der Waals surface area contributed by atoms with Crippen LogP contribution < -0.4 is 0 Å². The molecule has 0 aromatic heterocycles. The highest BCUT2D eigenvalue weighted by Crippen LogP contribution is 2.45. The van der Waals surface area contributed by atoms with Crippen LogP contribution in [0, 0.1) is 11.2 Å². The topological polar surface area (TPSA) is 54.4 Å². The number of hydrogen-bond acceptors (Lipinski definition) is 2. The molecule has 0 aliphatic heterocycles. The molecule has 0 radical (unpaired) electrons. The molecule has 0 unspecified atom stereocenters. The Labute approximate surface area is 135 Å². The number of carbonyl (C=O) groups excluding carboxylic acids is 1. The van der Waals surface area contributed by atoms with Crippen molar-refractivity contribution in [1.82, 2.24) is 0 Å². The number of rotatable bonds is 5. The van der Waals surface area contributed by atoms with Gasteiger partial charge in [-0.1, -0.05) is 24.4 Å². The molecule has 0 saturated heterocycles. The van der Waals surface area contributed by atoms with Crippen molar-refractivity contribution in [3.63, 3.8) is 0 Å². The fourth-order valence-electron chi connectivity index (χ4n) is 3.03. The predicted molar refractivity (Wildman–Crippen MR) is 81.2 cm³/mol. The minimum absolute atomic E-state index is 0.0498. The Morgan fingerprint density at radius 3 is 2.48 bits per heavy atom. The molecule has 1 aromatic rings. The second-order valence-corrected chi connectivity index (χ2v) is 6.89. The number of hydrogen-bond donors (Lipinski definition) is 1. The van der Waals surface area contributed by atoms with E-state index in [-0.39, 0.29) is 29.2 Å². The van der Waals surface area contributed by atoms with Crippen LogP contribution in [-0.2, 0) is 4.79 Å². The fourth-order valence-corrected chi connectivity index (χ4v) is 3.51. The van der Waals surface area contributed by atoms with Crippen molar-refractivity contribution in [2.75, 3.05) is 0 Å². The molecule has 0 heterocycles. The van der Waals surface area contributed by atoms with Gasteiger partial charge in [-0.15, -0.1) is 0 Å². The first-order valence-electron chi connectivity index (χ1n) is 6.72. The second kappa shape index (κ2) is 6.44. The fraction of sp³-hybridized carbons (Fsp3) is 0.467. The van der Waals surface area contributed by atoms with Crippen LogP contribution in [0.3, 0.4) is 0 Å². The summed E-state index contributed by atoms with van der Waals surface area (Å²) in [6.07, 6.45) is 3.20. The van der Waals surface area contributed by atoms with Crippen molar-refractivity contribution in [3.05, 3.63) is 33.0 Å². The maximum Gasteiger partial charge on any atom is 0.303 e. The Morgan fingerprint density at radius 2 is 1.90 bits per heavy atom. The quantitative estimate of drug-likeness (QED) is 0.589. The van der Waals surface area contributed by atoms with Crippen LogP contribution in [0.1, 0.15) is 48.9 Å². The van der Waals surface area contributed by atoms with Gasteiger partial charge in [0, 0.05) is 10.9 Å². The van der Waals surface area contributed by atoms with E-state index in [0.29, 0.717) is 17.3 Å². The standard InChI is InChI=1S/C15H15BrClFO3/c16-10-6-12(18)9(5-11(10)17)13(19)7-15(8-14(20)21)3-1-2-4-15/h5-6H,1-4,7-8H2,(H,20,21). The molecule has 1 aliphatic rings. The van der Waals surface area contributed by atoms with Crippen LogP contribution in [-0.4, -0.2) is 16.9 Å². The van der Waals surface area contributed by atoms with Gasteiger partial charge in [0.25, 0.3) is 0 Å². The van der Waals surface area contributed by atoms with Crippen molar-refractivity contribution in [1.29, 1.82) is 0 Å².